The highest BCUT2D eigenvalue weighted by molar-refractivity contribution is 6.46. The molecule has 192 valence electrons. The molecule has 0 saturated carbocycles. The molecule has 1 aliphatic heterocycles. The van der Waals surface area contributed by atoms with E-state index in [1.807, 2.05) is 49.4 Å². The number of amides is 1. The number of nitrogens with zero attached hydrogens (tertiary/aromatic N) is 1. The van der Waals surface area contributed by atoms with Crippen LogP contribution in [-0.4, -0.2) is 21.7 Å². The van der Waals surface area contributed by atoms with Gasteiger partial charge in [-0.05, 0) is 66.4 Å². The minimum Gasteiger partial charge on any atom is -0.507 e. The maximum absolute atomic E-state index is 13.3. The molecule has 1 unspecified atom stereocenters. The van der Waals surface area contributed by atoms with Crippen LogP contribution in [0.25, 0.3) is 5.76 Å². The van der Waals surface area contributed by atoms with Crippen LogP contribution in [0.5, 0.6) is 5.75 Å². The van der Waals surface area contributed by atoms with Gasteiger partial charge >= 0.3 is 0 Å². The molecule has 0 bridgehead atoms. The van der Waals surface area contributed by atoms with Crippen molar-refractivity contribution in [2.24, 2.45) is 0 Å². The number of rotatable bonds is 8. The lowest BCUT2D eigenvalue weighted by Gasteiger charge is -2.24. The van der Waals surface area contributed by atoms with Crippen LogP contribution in [0.15, 0.2) is 101 Å². The third kappa shape index (κ3) is 5.11. The minimum atomic E-state index is -0.747. The Hall–Kier alpha value is -4.58. The minimum absolute atomic E-state index is 0.0548. The average Bonchev–Trinajstić information content (AvgIpc) is 3.54. The molecule has 1 saturated heterocycles. The van der Waals surface area contributed by atoms with E-state index in [1.165, 1.54) is 11.2 Å². The first-order chi connectivity index (χ1) is 18.4. The maximum atomic E-state index is 13.3. The summed E-state index contributed by atoms with van der Waals surface area (Å²) in [4.78, 5) is 27.9. The number of ketones is 1. The monoisotopic (exact) mass is 507 g/mol. The summed E-state index contributed by atoms with van der Waals surface area (Å²) in [6.45, 7) is 4.62. The number of hydrogen-bond donors (Lipinski definition) is 1. The fourth-order valence-electron chi connectivity index (χ4n) is 4.73. The Morgan fingerprint density at radius 1 is 0.947 bits per heavy atom. The standard InChI is InChI=1S/C32H29NO5/c1-3-22-9-11-24(12-10-22)29-28(31(35)32(36)33(29)19-27-8-5-17-37-27)30(34)25-13-15-26(16-14-25)38-20-23-7-4-6-21(2)18-23/h4-18,29,34H,3,19-20H2,1-2H3. The van der Waals surface area contributed by atoms with E-state index in [-0.39, 0.29) is 17.9 Å². The van der Waals surface area contributed by atoms with Gasteiger partial charge in [-0.25, -0.2) is 0 Å². The van der Waals surface area contributed by atoms with Gasteiger partial charge in [0.2, 0.25) is 0 Å². The Morgan fingerprint density at radius 3 is 2.37 bits per heavy atom. The van der Waals surface area contributed by atoms with Gasteiger partial charge in [-0.3, -0.25) is 9.59 Å². The van der Waals surface area contributed by atoms with E-state index in [1.54, 1.807) is 36.4 Å². The molecule has 0 aliphatic carbocycles. The molecule has 6 heteroatoms. The Labute approximate surface area is 221 Å². The lowest BCUT2D eigenvalue weighted by atomic mass is 9.94. The van der Waals surface area contributed by atoms with Crippen LogP contribution in [0.2, 0.25) is 0 Å². The highest BCUT2D eigenvalue weighted by Crippen LogP contribution is 2.40. The van der Waals surface area contributed by atoms with Crippen molar-refractivity contribution < 1.29 is 23.8 Å². The van der Waals surface area contributed by atoms with E-state index in [0.29, 0.717) is 23.7 Å². The van der Waals surface area contributed by atoms with Gasteiger partial charge in [-0.15, -0.1) is 0 Å². The van der Waals surface area contributed by atoms with Crippen LogP contribution in [-0.2, 0) is 29.2 Å². The quantitative estimate of drug-likeness (QED) is 0.171. The summed E-state index contributed by atoms with van der Waals surface area (Å²) in [5, 5.41) is 11.3. The van der Waals surface area contributed by atoms with E-state index < -0.39 is 17.7 Å². The van der Waals surface area contributed by atoms with Crippen molar-refractivity contribution >= 4 is 17.4 Å². The first kappa shape index (κ1) is 25.1. The van der Waals surface area contributed by atoms with Crippen molar-refractivity contribution in [2.75, 3.05) is 0 Å². The van der Waals surface area contributed by atoms with Gasteiger partial charge in [-0.1, -0.05) is 61.0 Å². The number of hydrogen-bond acceptors (Lipinski definition) is 5. The fraction of sp³-hybridized carbons (Fsp3) is 0.188. The molecular formula is C32H29NO5. The zero-order chi connectivity index (χ0) is 26.6. The number of likely N-dealkylation sites (tertiary alicyclic amines) is 1. The first-order valence-corrected chi connectivity index (χ1v) is 12.6. The zero-order valence-corrected chi connectivity index (χ0v) is 21.4. The van der Waals surface area contributed by atoms with Gasteiger partial charge in [0, 0.05) is 5.56 Å². The number of Topliss-reactive ketones (excluding diaryl/α,β-unsaturated/α-hetero) is 1. The normalized spacial score (nSPS) is 16.7. The molecule has 1 aliphatic rings. The second kappa shape index (κ2) is 10.8. The second-order valence-corrected chi connectivity index (χ2v) is 9.40. The van der Waals surface area contributed by atoms with Crippen molar-refractivity contribution in [3.8, 4) is 5.75 Å². The van der Waals surface area contributed by atoms with E-state index in [0.717, 1.165) is 28.7 Å². The number of furan rings is 1. The van der Waals surface area contributed by atoms with Crippen molar-refractivity contribution in [1.29, 1.82) is 0 Å². The van der Waals surface area contributed by atoms with Crippen LogP contribution in [0.4, 0.5) is 0 Å². The second-order valence-electron chi connectivity index (χ2n) is 9.40. The number of aliphatic hydroxyl groups excluding tert-OH is 1. The Bertz CT molecular complexity index is 1470. The van der Waals surface area contributed by atoms with Crippen molar-refractivity contribution in [2.45, 2.75) is 39.5 Å². The smallest absolute Gasteiger partial charge is 0.296 e. The molecule has 0 spiro atoms. The molecule has 1 atom stereocenters. The van der Waals surface area contributed by atoms with E-state index in [2.05, 4.69) is 13.0 Å². The van der Waals surface area contributed by atoms with Crippen molar-refractivity contribution in [3.63, 3.8) is 0 Å². The number of carbonyl (C=O) groups excluding carboxylic acids is 2. The lowest BCUT2D eigenvalue weighted by molar-refractivity contribution is -0.140. The largest absolute Gasteiger partial charge is 0.507 e. The van der Waals surface area contributed by atoms with Crippen LogP contribution in [0.1, 0.15) is 46.5 Å². The third-order valence-electron chi connectivity index (χ3n) is 6.77. The topological polar surface area (TPSA) is 80.0 Å². The molecule has 1 aromatic heterocycles. The molecule has 2 heterocycles. The van der Waals surface area contributed by atoms with E-state index >= 15 is 0 Å². The van der Waals surface area contributed by atoms with Gasteiger partial charge in [-0.2, -0.15) is 0 Å². The van der Waals surface area contributed by atoms with Crippen LogP contribution in [0, 0.1) is 6.92 Å². The number of ether oxygens (including phenoxy) is 1. The Morgan fingerprint density at radius 2 is 1.71 bits per heavy atom. The summed E-state index contributed by atoms with van der Waals surface area (Å²) in [6.07, 6.45) is 2.39. The van der Waals surface area contributed by atoms with Crippen LogP contribution < -0.4 is 4.74 Å². The zero-order valence-electron chi connectivity index (χ0n) is 21.4. The molecule has 6 nitrogen and oxygen atoms in total. The van der Waals surface area contributed by atoms with Gasteiger partial charge in [0.15, 0.2) is 0 Å². The third-order valence-corrected chi connectivity index (χ3v) is 6.77. The van der Waals surface area contributed by atoms with Gasteiger partial charge < -0.3 is 19.2 Å². The average molecular weight is 508 g/mol. The first-order valence-electron chi connectivity index (χ1n) is 12.6. The van der Waals surface area contributed by atoms with E-state index in [4.69, 9.17) is 9.15 Å². The summed E-state index contributed by atoms with van der Waals surface area (Å²) >= 11 is 0. The molecule has 38 heavy (non-hydrogen) atoms. The highest BCUT2D eigenvalue weighted by atomic mass is 16.5. The van der Waals surface area contributed by atoms with Crippen molar-refractivity contribution in [3.05, 3.63) is 130 Å². The SMILES string of the molecule is CCc1ccc(C2C(=C(O)c3ccc(OCc4cccc(C)c4)cc3)C(=O)C(=O)N2Cc2ccco2)cc1. The van der Waals surface area contributed by atoms with Gasteiger partial charge in [0.1, 0.15) is 23.9 Å². The van der Waals surface area contributed by atoms with Gasteiger partial charge in [0.05, 0.1) is 24.4 Å². The molecular weight excluding hydrogens is 478 g/mol. The molecule has 1 amide bonds. The molecule has 3 aromatic carbocycles. The van der Waals surface area contributed by atoms with Gasteiger partial charge in [0.25, 0.3) is 11.7 Å². The number of carbonyl (C=O) groups is 2. The Kier molecular flexibility index (Phi) is 7.13. The molecule has 1 fully saturated rings. The fourth-order valence-corrected chi connectivity index (χ4v) is 4.73. The van der Waals surface area contributed by atoms with Crippen molar-refractivity contribution in [1.82, 2.24) is 4.90 Å². The maximum Gasteiger partial charge on any atom is 0.296 e. The summed E-state index contributed by atoms with van der Waals surface area (Å²) in [5.74, 6) is -0.436. The van der Waals surface area contributed by atoms with E-state index in [9.17, 15) is 14.7 Å². The van der Waals surface area contributed by atoms with Crippen LogP contribution >= 0.6 is 0 Å². The number of aryl methyl sites for hydroxylation is 2. The predicted molar refractivity (Wildman–Crippen MR) is 144 cm³/mol. The Balaban J connectivity index is 1.46. The number of benzene rings is 3. The molecule has 1 N–H and O–H groups in total. The molecule has 0 radical (unpaired) electrons. The molecule has 4 aromatic rings. The van der Waals surface area contributed by atoms with Crippen LogP contribution in [0.3, 0.4) is 0 Å². The summed E-state index contributed by atoms with van der Waals surface area (Å²) in [5.41, 5.74) is 4.58. The highest BCUT2D eigenvalue weighted by Gasteiger charge is 2.46. The summed E-state index contributed by atoms with van der Waals surface area (Å²) < 4.78 is 11.4. The summed E-state index contributed by atoms with van der Waals surface area (Å²) in [6, 6.07) is 25.5. The molecule has 5 rings (SSSR count). The lowest BCUT2D eigenvalue weighted by Crippen LogP contribution is -2.29. The summed E-state index contributed by atoms with van der Waals surface area (Å²) in [7, 11) is 0. The predicted octanol–water partition coefficient (Wildman–Crippen LogP) is 6.35. The number of aliphatic hydroxyl groups is 1.